The van der Waals surface area contributed by atoms with Crippen LogP contribution in [0.25, 0.3) is 16.6 Å². The van der Waals surface area contributed by atoms with E-state index in [0.29, 0.717) is 72.0 Å². The summed E-state index contributed by atoms with van der Waals surface area (Å²) in [6.45, 7) is 3.04. The van der Waals surface area contributed by atoms with Crippen LogP contribution in [0.3, 0.4) is 0 Å². The highest BCUT2D eigenvalue weighted by Gasteiger charge is 2.49. The molecule has 234 valence electrons. The van der Waals surface area contributed by atoms with E-state index in [1.165, 1.54) is 23.9 Å². The Labute approximate surface area is 270 Å². The minimum absolute atomic E-state index is 0.00413. The van der Waals surface area contributed by atoms with Gasteiger partial charge in [-0.15, -0.1) is 0 Å². The van der Waals surface area contributed by atoms with E-state index in [2.05, 4.69) is 6.92 Å². The van der Waals surface area contributed by atoms with Gasteiger partial charge in [0.05, 0.1) is 27.8 Å². The Morgan fingerprint density at radius 1 is 1.09 bits per heavy atom. The number of nitrogens with zero attached hydrogens (tertiary/aromatic N) is 3. The molecule has 2 aliphatic heterocycles. The van der Waals surface area contributed by atoms with E-state index in [1.807, 2.05) is 29.2 Å². The van der Waals surface area contributed by atoms with Gasteiger partial charge >= 0.3 is 5.97 Å². The largest absolute Gasteiger partial charge is 0.459 e. The number of esters is 1. The van der Waals surface area contributed by atoms with E-state index in [1.54, 1.807) is 41.0 Å². The number of hydrogen-bond donors (Lipinski definition) is 0. The summed E-state index contributed by atoms with van der Waals surface area (Å²) in [7, 11) is 0. The molecule has 3 aromatic carbocycles. The van der Waals surface area contributed by atoms with Gasteiger partial charge < -0.3 is 9.64 Å². The number of ether oxygens (including phenoxy) is 1. The molecule has 0 bridgehead atoms. The van der Waals surface area contributed by atoms with Gasteiger partial charge in [-0.05, 0) is 60.9 Å². The molecule has 1 amide bonds. The molecule has 0 radical (unpaired) electrons. The van der Waals surface area contributed by atoms with Crippen molar-refractivity contribution < 1.29 is 18.7 Å². The van der Waals surface area contributed by atoms with E-state index >= 15 is 0 Å². The Morgan fingerprint density at radius 2 is 1.84 bits per heavy atom. The van der Waals surface area contributed by atoms with Crippen LogP contribution in [-0.2, 0) is 20.7 Å². The first-order valence-electron chi connectivity index (χ1n) is 15.5. The third-order valence-electron chi connectivity index (χ3n) is 8.80. The second-order valence-electron chi connectivity index (χ2n) is 11.9. The molecule has 45 heavy (non-hydrogen) atoms. The molecule has 7 nitrogen and oxygen atoms in total. The Hall–Kier alpha value is -3.69. The average molecular weight is 648 g/mol. The highest BCUT2D eigenvalue weighted by Crippen LogP contribution is 2.41. The number of halogens is 2. The first kappa shape index (κ1) is 31.3. The fraction of sp³-hybridized carbons (Fsp3) is 0.371. The van der Waals surface area contributed by atoms with Gasteiger partial charge in [0.25, 0.3) is 5.56 Å². The minimum atomic E-state index is -0.586. The zero-order chi connectivity index (χ0) is 31.6. The summed E-state index contributed by atoms with van der Waals surface area (Å²) in [5.41, 5.74) is 1.26. The number of aromatic nitrogens is 2. The van der Waals surface area contributed by atoms with E-state index in [0.717, 1.165) is 18.4 Å². The fourth-order valence-corrected chi connectivity index (χ4v) is 7.78. The van der Waals surface area contributed by atoms with E-state index in [9.17, 15) is 18.8 Å². The van der Waals surface area contributed by atoms with Crippen molar-refractivity contribution in [3.8, 4) is 5.69 Å². The van der Waals surface area contributed by atoms with Crippen molar-refractivity contribution in [1.29, 1.82) is 0 Å². The van der Waals surface area contributed by atoms with E-state index < -0.39 is 10.9 Å². The maximum absolute atomic E-state index is 14.1. The maximum Gasteiger partial charge on any atom is 0.309 e. The Kier molecular flexibility index (Phi) is 9.28. The second kappa shape index (κ2) is 13.3. The van der Waals surface area contributed by atoms with Gasteiger partial charge in [-0.3, -0.25) is 19.0 Å². The molecular formula is C35H35ClFN3O4S. The van der Waals surface area contributed by atoms with Crippen molar-refractivity contribution in [2.75, 3.05) is 13.1 Å². The molecule has 2 aliphatic rings. The van der Waals surface area contributed by atoms with Gasteiger partial charge in [0.2, 0.25) is 5.91 Å². The van der Waals surface area contributed by atoms with E-state index in [4.69, 9.17) is 21.3 Å². The van der Waals surface area contributed by atoms with Crippen LogP contribution in [0.5, 0.6) is 0 Å². The molecule has 2 saturated heterocycles. The van der Waals surface area contributed by atoms with Crippen molar-refractivity contribution >= 4 is 46.1 Å². The molecule has 1 spiro atoms. The first-order valence-corrected chi connectivity index (χ1v) is 16.7. The van der Waals surface area contributed by atoms with Crippen molar-refractivity contribution in [1.82, 2.24) is 14.5 Å². The number of thioether (sulfide) groups is 1. The lowest BCUT2D eigenvalue weighted by Crippen LogP contribution is -2.49. The third kappa shape index (κ3) is 6.79. The number of piperidine rings is 1. The summed E-state index contributed by atoms with van der Waals surface area (Å²) in [5, 5.41) is 0.979. The number of hydrogen-bond acceptors (Lipinski definition) is 6. The number of benzene rings is 3. The van der Waals surface area contributed by atoms with Crippen LogP contribution in [-0.4, -0.2) is 50.3 Å². The number of unbranched alkanes of at least 4 members (excludes halogenated alkanes) is 1. The maximum atomic E-state index is 14.1. The van der Waals surface area contributed by atoms with Crippen LogP contribution in [0, 0.1) is 11.7 Å². The second-order valence-corrected chi connectivity index (χ2v) is 13.5. The molecule has 0 saturated carbocycles. The van der Waals surface area contributed by atoms with E-state index in [-0.39, 0.29) is 29.2 Å². The highest BCUT2D eigenvalue weighted by atomic mass is 35.5. The van der Waals surface area contributed by atoms with Crippen LogP contribution < -0.4 is 5.56 Å². The lowest BCUT2D eigenvalue weighted by molar-refractivity contribution is -0.155. The molecule has 2 unspecified atom stereocenters. The Bertz CT molecular complexity index is 1770. The standard InChI is InChI=1S/C35H35ClFN3O4S/c1-2-3-11-30(45-34-38-29-10-5-4-9-28(29)31(41)40(34)27-8-6-7-25(36)21-27)32(42)39-18-16-35(17-19-39)22-24(33(43)44-35)20-23-12-14-26(37)15-13-23/h4-10,12-15,21,24,30H,2-3,11,16-20,22H2,1H3. The van der Waals surface area contributed by atoms with Gasteiger partial charge in [0.15, 0.2) is 5.16 Å². The molecule has 0 N–H and O–H groups in total. The molecule has 3 heterocycles. The summed E-state index contributed by atoms with van der Waals surface area (Å²) in [5.74, 6) is -0.819. The van der Waals surface area contributed by atoms with Crippen LogP contribution in [0.2, 0.25) is 5.02 Å². The minimum Gasteiger partial charge on any atom is -0.459 e. The number of fused-ring (bicyclic) bond motifs is 1. The zero-order valence-electron chi connectivity index (χ0n) is 25.1. The van der Waals surface area contributed by atoms with Crippen molar-refractivity contribution in [2.45, 2.75) is 67.9 Å². The number of amides is 1. The normalized spacial score (nSPS) is 18.3. The molecule has 0 aliphatic carbocycles. The molecule has 1 aromatic heterocycles. The first-order chi connectivity index (χ1) is 21.7. The van der Waals surface area contributed by atoms with Crippen LogP contribution >= 0.6 is 23.4 Å². The Balaban J connectivity index is 1.21. The molecule has 2 fully saturated rings. The summed E-state index contributed by atoms with van der Waals surface area (Å²) in [6, 6.07) is 20.5. The van der Waals surface area contributed by atoms with Gasteiger partial charge in [-0.2, -0.15) is 0 Å². The predicted molar refractivity (Wildman–Crippen MR) is 174 cm³/mol. The smallest absolute Gasteiger partial charge is 0.309 e. The summed E-state index contributed by atoms with van der Waals surface area (Å²) < 4.78 is 20.9. The summed E-state index contributed by atoms with van der Waals surface area (Å²) in [6.07, 6.45) is 4.63. The SMILES string of the molecule is CCCCC(Sc1nc2ccccc2c(=O)n1-c1cccc(Cl)c1)C(=O)N1CCC2(CC1)CC(Cc1ccc(F)cc1)C(=O)O2. The van der Waals surface area contributed by atoms with Crippen molar-refractivity contribution in [3.63, 3.8) is 0 Å². The lowest BCUT2D eigenvalue weighted by Gasteiger charge is -2.39. The van der Waals surface area contributed by atoms with Crippen LogP contribution in [0.15, 0.2) is 82.7 Å². The van der Waals surface area contributed by atoms with Crippen LogP contribution in [0.4, 0.5) is 4.39 Å². The molecular weight excluding hydrogens is 613 g/mol. The van der Waals surface area contributed by atoms with Gasteiger partial charge in [0.1, 0.15) is 11.4 Å². The molecule has 4 aromatic rings. The van der Waals surface area contributed by atoms with Crippen molar-refractivity contribution in [2.24, 2.45) is 5.92 Å². The highest BCUT2D eigenvalue weighted by molar-refractivity contribution is 8.00. The monoisotopic (exact) mass is 647 g/mol. The van der Waals surface area contributed by atoms with Gasteiger partial charge in [-0.1, -0.05) is 73.5 Å². The zero-order valence-corrected chi connectivity index (χ0v) is 26.7. The number of rotatable bonds is 9. The molecule has 2 atom stereocenters. The number of carbonyl (C=O) groups is 2. The number of likely N-dealkylation sites (tertiary alicyclic amines) is 1. The third-order valence-corrected chi connectivity index (χ3v) is 10.2. The topological polar surface area (TPSA) is 81.5 Å². The van der Waals surface area contributed by atoms with Crippen LogP contribution in [0.1, 0.15) is 51.0 Å². The lowest BCUT2D eigenvalue weighted by atomic mass is 9.83. The van der Waals surface area contributed by atoms with Gasteiger partial charge in [-0.25, -0.2) is 9.37 Å². The number of carbonyl (C=O) groups excluding carboxylic acids is 2. The molecule has 6 rings (SSSR count). The Morgan fingerprint density at radius 3 is 2.58 bits per heavy atom. The average Bonchev–Trinajstić information content (AvgIpc) is 3.33. The van der Waals surface area contributed by atoms with Crippen molar-refractivity contribution in [3.05, 3.63) is 99.6 Å². The quantitative estimate of drug-likeness (QED) is 0.111. The number of para-hydroxylation sites is 1. The summed E-state index contributed by atoms with van der Waals surface area (Å²) in [4.78, 5) is 47.4. The predicted octanol–water partition coefficient (Wildman–Crippen LogP) is 7.00. The fourth-order valence-electron chi connectivity index (χ4n) is 6.36. The summed E-state index contributed by atoms with van der Waals surface area (Å²) >= 11 is 7.63. The molecule has 10 heteroatoms. The van der Waals surface area contributed by atoms with Gasteiger partial charge in [0, 0.05) is 37.4 Å².